The number of aldehydes is 1. The highest BCUT2D eigenvalue weighted by atomic mass is 127. The maximum absolute atomic E-state index is 12.9. The molecule has 70 valence electrons. The molecule has 0 aliphatic rings. The molecule has 1 rings (SSSR count). The first-order valence-corrected chi connectivity index (χ1v) is 4.23. The third kappa shape index (κ3) is 2.17. The maximum atomic E-state index is 12.9. The number of nitrogens with zero attached hydrogens (tertiary/aromatic N) is 1. The number of pyridine rings is 1. The summed E-state index contributed by atoms with van der Waals surface area (Å²) in [6, 6.07) is 0.910. The number of carbonyl (C=O) groups is 1. The highest BCUT2D eigenvalue weighted by molar-refractivity contribution is 14.1. The van der Waals surface area contributed by atoms with E-state index in [1.165, 1.54) is 0 Å². The Kier molecular flexibility index (Phi) is 3.23. The fourth-order valence-corrected chi connectivity index (χ4v) is 1.37. The number of halogens is 4. The highest BCUT2D eigenvalue weighted by Gasteiger charge is 2.18. The van der Waals surface area contributed by atoms with Gasteiger partial charge in [0.25, 0.3) is 6.43 Å². The molecule has 0 N–H and O–H groups in total. The van der Waals surface area contributed by atoms with Gasteiger partial charge in [-0.1, -0.05) is 0 Å². The minimum absolute atomic E-state index is 0.114. The lowest BCUT2D eigenvalue weighted by atomic mass is 10.2. The van der Waals surface area contributed by atoms with Crippen LogP contribution in [0, 0.1) is 9.52 Å². The Balaban J connectivity index is 3.35. The molecule has 0 aromatic carbocycles. The summed E-state index contributed by atoms with van der Waals surface area (Å²) in [5, 5.41) is 0. The average Bonchev–Trinajstić information content (AvgIpc) is 2.08. The van der Waals surface area contributed by atoms with Crippen molar-refractivity contribution in [1.29, 1.82) is 0 Å². The Morgan fingerprint density at radius 2 is 2.15 bits per heavy atom. The minimum Gasteiger partial charge on any atom is -0.296 e. The lowest BCUT2D eigenvalue weighted by Gasteiger charge is -2.03. The van der Waals surface area contributed by atoms with Gasteiger partial charge in [0, 0.05) is 0 Å². The van der Waals surface area contributed by atoms with Gasteiger partial charge in [0.1, 0.15) is 9.39 Å². The molecule has 2 nitrogen and oxygen atoms in total. The number of rotatable bonds is 2. The van der Waals surface area contributed by atoms with E-state index >= 15 is 0 Å². The van der Waals surface area contributed by atoms with Crippen LogP contribution in [0.1, 0.15) is 22.5 Å². The molecular formula is C7H3F3INO. The maximum Gasteiger partial charge on any atom is 0.266 e. The van der Waals surface area contributed by atoms with E-state index in [4.69, 9.17) is 0 Å². The molecule has 0 fully saturated rings. The van der Waals surface area contributed by atoms with E-state index in [-0.39, 0.29) is 9.99 Å². The van der Waals surface area contributed by atoms with Crippen LogP contribution in [0.4, 0.5) is 13.2 Å². The minimum atomic E-state index is -2.93. The summed E-state index contributed by atoms with van der Waals surface area (Å²) in [4.78, 5) is 13.6. The molecule has 0 saturated carbocycles. The molecule has 0 bridgehead atoms. The third-order valence-corrected chi connectivity index (χ3v) is 1.88. The van der Waals surface area contributed by atoms with E-state index in [9.17, 15) is 18.0 Å². The quantitative estimate of drug-likeness (QED) is 0.477. The standard InChI is InChI=1S/C7H3F3INO/c8-6-3(7(9)10)1-5(11)12-4(6)2-13/h1-2,7H. The zero-order chi connectivity index (χ0) is 10.0. The Morgan fingerprint density at radius 1 is 1.54 bits per heavy atom. The molecule has 0 atom stereocenters. The van der Waals surface area contributed by atoms with Gasteiger partial charge in [-0.3, -0.25) is 4.79 Å². The molecule has 0 radical (unpaired) electrons. The summed E-state index contributed by atoms with van der Waals surface area (Å²) in [6.07, 6.45) is -2.82. The monoisotopic (exact) mass is 301 g/mol. The summed E-state index contributed by atoms with van der Waals surface area (Å²) in [5.74, 6) is -1.24. The van der Waals surface area contributed by atoms with Crippen molar-refractivity contribution in [3.8, 4) is 0 Å². The van der Waals surface area contributed by atoms with E-state index in [0.717, 1.165) is 6.07 Å². The topological polar surface area (TPSA) is 30.0 Å². The van der Waals surface area contributed by atoms with Gasteiger partial charge >= 0.3 is 0 Å². The van der Waals surface area contributed by atoms with Crippen molar-refractivity contribution in [1.82, 2.24) is 4.98 Å². The molecule has 1 aromatic rings. The third-order valence-electron chi connectivity index (χ3n) is 1.33. The van der Waals surface area contributed by atoms with Crippen LogP contribution in [0.2, 0.25) is 0 Å². The Bertz CT molecular complexity index is 343. The predicted molar refractivity (Wildman–Crippen MR) is 47.3 cm³/mol. The van der Waals surface area contributed by atoms with Crippen LogP contribution in [0.5, 0.6) is 0 Å². The van der Waals surface area contributed by atoms with E-state index < -0.39 is 23.5 Å². The number of hydrogen-bond acceptors (Lipinski definition) is 2. The number of aromatic nitrogens is 1. The van der Waals surface area contributed by atoms with Crippen LogP contribution < -0.4 is 0 Å². The van der Waals surface area contributed by atoms with Crippen LogP contribution in [-0.2, 0) is 0 Å². The van der Waals surface area contributed by atoms with Crippen molar-refractivity contribution in [2.24, 2.45) is 0 Å². The molecule has 1 aromatic heterocycles. The first-order chi connectivity index (χ1) is 6.06. The zero-order valence-corrected chi connectivity index (χ0v) is 8.26. The van der Waals surface area contributed by atoms with Crippen LogP contribution in [0.3, 0.4) is 0 Å². The first-order valence-electron chi connectivity index (χ1n) is 3.15. The number of alkyl halides is 2. The summed E-state index contributed by atoms with van der Waals surface area (Å²) in [6.45, 7) is 0. The lowest BCUT2D eigenvalue weighted by molar-refractivity contribution is 0.111. The van der Waals surface area contributed by atoms with E-state index in [2.05, 4.69) is 4.98 Å². The molecule has 0 aliphatic heterocycles. The van der Waals surface area contributed by atoms with Gasteiger partial charge < -0.3 is 0 Å². The second-order valence-corrected chi connectivity index (χ2v) is 3.26. The van der Waals surface area contributed by atoms with Crippen LogP contribution in [0.15, 0.2) is 6.07 Å². The predicted octanol–water partition coefficient (Wildman–Crippen LogP) is 2.58. The molecule has 0 saturated heterocycles. The van der Waals surface area contributed by atoms with Crippen molar-refractivity contribution in [3.05, 3.63) is 26.8 Å². The van der Waals surface area contributed by atoms with Crippen molar-refractivity contribution in [3.63, 3.8) is 0 Å². The average molecular weight is 301 g/mol. The summed E-state index contributed by atoms with van der Waals surface area (Å²) < 4.78 is 37.4. The van der Waals surface area contributed by atoms with Crippen LogP contribution in [0.25, 0.3) is 0 Å². The smallest absolute Gasteiger partial charge is 0.266 e. The Morgan fingerprint density at radius 3 is 2.62 bits per heavy atom. The van der Waals surface area contributed by atoms with Gasteiger partial charge in [-0.15, -0.1) is 0 Å². The first kappa shape index (κ1) is 10.4. The molecule has 1 heterocycles. The van der Waals surface area contributed by atoms with Crippen molar-refractivity contribution in [2.45, 2.75) is 6.43 Å². The summed E-state index contributed by atoms with van der Waals surface area (Å²) in [5.41, 5.74) is -1.37. The van der Waals surface area contributed by atoms with Gasteiger partial charge in [0.2, 0.25) is 0 Å². The molecule has 0 unspecified atom stereocenters. The molecule has 13 heavy (non-hydrogen) atoms. The normalized spacial score (nSPS) is 10.5. The molecule has 0 amide bonds. The van der Waals surface area contributed by atoms with Gasteiger partial charge in [-0.2, -0.15) is 0 Å². The van der Waals surface area contributed by atoms with Crippen LogP contribution >= 0.6 is 22.6 Å². The van der Waals surface area contributed by atoms with E-state index in [1.54, 1.807) is 22.6 Å². The summed E-state index contributed by atoms with van der Waals surface area (Å²) in [7, 11) is 0. The zero-order valence-electron chi connectivity index (χ0n) is 6.10. The van der Waals surface area contributed by atoms with E-state index in [1.807, 2.05) is 0 Å². The second-order valence-electron chi connectivity index (χ2n) is 2.15. The fraction of sp³-hybridized carbons (Fsp3) is 0.143. The van der Waals surface area contributed by atoms with Crippen molar-refractivity contribution >= 4 is 28.9 Å². The lowest BCUT2D eigenvalue weighted by Crippen LogP contribution is -2.01. The summed E-state index contributed by atoms with van der Waals surface area (Å²) >= 11 is 1.63. The Labute approximate surface area is 85.3 Å². The second kappa shape index (κ2) is 4.03. The largest absolute Gasteiger partial charge is 0.296 e. The van der Waals surface area contributed by atoms with E-state index in [0.29, 0.717) is 0 Å². The highest BCUT2D eigenvalue weighted by Crippen LogP contribution is 2.24. The molecule has 6 heteroatoms. The fourth-order valence-electron chi connectivity index (χ4n) is 0.773. The van der Waals surface area contributed by atoms with Crippen LogP contribution in [-0.4, -0.2) is 11.3 Å². The molecule has 0 aliphatic carbocycles. The van der Waals surface area contributed by atoms with Crippen molar-refractivity contribution in [2.75, 3.05) is 0 Å². The number of hydrogen-bond donors (Lipinski definition) is 0. The molecule has 0 spiro atoms. The van der Waals surface area contributed by atoms with Gasteiger partial charge in [0.15, 0.2) is 12.1 Å². The molecular weight excluding hydrogens is 298 g/mol. The van der Waals surface area contributed by atoms with Gasteiger partial charge in [-0.25, -0.2) is 18.2 Å². The van der Waals surface area contributed by atoms with Gasteiger partial charge in [0.05, 0.1) is 5.56 Å². The van der Waals surface area contributed by atoms with Gasteiger partial charge in [-0.05, 0) is 28.7 Å². The van der Waals surface area contributed by atoms with Crippen molar-refractivity contribution < 1.29 is 18.0 Å². The SMILES string of the molecule is O=Cc1nc(I)cc(C(F)F)c1F. The number of carbonyl (C=O) groups excluding carboxylic acids is 1. The Hall–Kier alpha value is -0.660.